The number of aromatic nitrogens is 5. The fourth-order valence-electron chi connectivity index (χ4n) is 2.91. The second-order valence-corrected chi connectivity index (χ2v) is 5.87. The number of carbonyl (C=O) groups excluding carboxylic acids is 1. The van der Waals surface area contributed by atoms with Gasteiger partial charge < -0.3 is 4.90 Å². The van der Waals surface area contributed by atoms with E-state index >= 15 is 0 Å². The van der Waals surface area contributed by atoms with E-state index < -0.39 is 12.1 Å². The molecule has 1 aliphatic rings. The number of nitrogens with zero attached hydrogens (tertiary/aromatic N) is 6. The summed E-state index contributed by atoms with van der Waals surface area (Å²) < 4.78 is 14.9. The Hall–Kier alpha value is -3.10. The third kappa shape index (κ3) is 2.88. The molecule has 1 atom stereocenters. The zero-order chi connectivity index (χ0) is 17.4. The number of fused-ring (bicyclic) bond motifs is 1. The van der Waals surface area contributed by atoms with Gasteiger partial charge in [0.05, 0.1) is 12.2 Å². The van der Waals surface area contributed by atoms with Gasteiger partial charge in [0.2, 0.25) is 5.95 Å². The molecule has 4 heterocycles. The molecule has 0 bridgehead atoms. The normalized spacial score (nSPS) is 17.2. The van der Waals surface area contributed by atoms with Crippen LogP contribution < -0.4 is 10.2 Å². The lowest BCUT2D eigenvalue weighted by Crippen LogP contribution is -2.23. The number of aryl methyl sites for hydroxylation is 1. The summed E-state index contributed by atoms with van der Waals surface area (Å²) in [5, 5.41) is 7.12. The molecule has 3 aromatic heterocycles. The summed E-state index contributed by atoms with van der Waals surface area (Å²) in [6.07, 6.45) is 2.73. The Bertz CT molecular complexity index is 927. The maximum Gasteiger partial charge on any atom is 0.278 e. The van der Waals surface area contributed by atoms with Crippen LogP contribution in [-0.2, 0) is 0 Å². The van der Waals surface area contributed by atoms with E-state index in [0.717, 1.165) is 0 Å². The maximum absolute atomic E-state index is 13.5. The van der Waals surface area contributed by atoms with Crippen molar-refractivity contribution in [1.82, 2.24) is 24.6 Å². The number of amides is 1. The zero-order valence-corrected chi connectivity index (χ0v) is 13.6. The standard InChI is InChI=1S/C16H16FN7O/c1-10-14(15(25)21-16-18-6-2-7-19-16)24-12(20-10)3-4-13(22-24)23-8-5-11(17)9-23/h2-4,6-7,11H,5,8-9H2,1H3,(H,18,19,21,25). The Labute approximate surface area is 142 Å². The van der Waals surface area contributed by atoms with Crippen molar-refractivity contribution in [2.24, 2.45) is 0 Å². The number of alkyl halides is 1. The van der Waals surface area contributed by atoms with Gasteiger partial charge in [-0.3, -0.25) is 10.1 Å². The molecule has 1 fully saturated rings. The van der Waals surface area contributed by atoms with Crippen molar-refractivity contribution in [1.29, 1.82) is 0 Å². The van der Waals surface area contributed by atoms with Gasteiger partial charge in [-0.05, 0) is 31.5 Å². The topological polar surface area (TPSA) is 88.3 Å². The summed E-state index contributed by atoms with van der Waals surface area (Å²) in [5.74, 6) is 0.429. The number of imidazole rings is 1. The summed E-state index contributed by atoms with van der Waals surface area (Å²) in [5.41, 5.74) is 1.40. The molecule has 1 aliphatic heterocycles. The van der Waals surface area contributed by atoms with E-state index in [0.29, 0.717) is 42.4 Å². The number of rotatable bonds is 3. The van der Waals surface area contributed by atoms with Crippen LogP contribution in [0.15, 0.2) is 30.6 Å². The van der Waals surface area contributed by atoms with Crippen LogP contribution in [0.5, 0.6) is 0 Å². The Morgan fingerprint density at radius 3 is 2.84 bits per heavy atom. The molecule has 0 aromatic carbocycles. The lowest BCUT2D eigenvalue weighted by Gasteiger charge is -2.16. The molecule has 0 radical (unpaired) electrons. The highest BCUT2D eigenvalue weighted by Crippen LogP contribution is 2.21. The van der Waals surface area contributed by atoms with Crippen molar-refractivity contribution in [3.05, 3.63) is 42.0 Å². The van der Waals surface area contributed by atoms with Gasteiger partial charge in [-0.2, -0.15) is 0 Å². The van der Waals surface area contributed by atoms with Crippen LogP contribution in [0, 0.1) is 6.92 Å². The second kappa shape index (κ2) is 6.08. The second-order valence-electron chi connectivity index (χ2n) is 5.87. The van der Waals surface area contributed by atoms with Crippen molar-refractivity contribution in [3.63, 3.8) is 0 Å². The first kappa shape index (κ1) is 15.4. The molecule has 8 nitrogen and oxygen atoms in total. The van der Waals surface area contributed by atoms with E-state index in [4.69, 9.17) is 0 Å². The van der Waals surface area contributed by atoms with E-state index in [1.54, 1.807) is 37.5 Å². The monoisotopic (exact) mass is 341 g/mol. The van der Waals surface area contributed by atoms with E-state index in [1.165, 1.54) is 4.52 Å². The number of carbonyl (C=O) groups is 1. The van der Waals surface area contributed by atoms with Crippen LogP contribution >= 0.6 is 0 Å². The van der Waals surface area contributed by atoms with Crippen molar-refractivity contribution >= 4 is 23.3 Å². The first-order chi connectivity index (χ1) is 12.1. The third-order valence-electron chi connectivity index (χ3n) is 4.10. The van der Waals surface area contributed by atoms with E-state index in [-0.39, 0.29) is 5.95 Å². The fourth-order valence-corrected chi connectivity index (χ4v) is 2.91. The largest absolute Gasteiger partial charge is 0.352 e. The summed E-state index contributed by atoms with van der Waals surface area (Å²) in [4.78, 5) is 26.8. The van der Waals surface area contributed by atoms with Crippen molar-refractivity contribution < 1.29 is 9.18 Å². The fraction of sp³-hybridized carbons (Fsp3) is 0.312. The summed E-state index contributed by atoms with van der Waals surface area (Å²) in [6, 6.07) is 5.23. The van der Waals surface area contributed by atoms with Crippen LogP contribution in [-0.4, -0.2) is 49.7 Å². The maximum atomic E-state index is 13.5. The molecular formula is C16H16FN7O. The Morgan fingerprint density at radius 2 is 2.12 bits per heavy atom. The Morgan fingerprint density at radius 1 is 1.32 bits per heavy atom. The summed E-state index contributed by atoms with van der Waals surface area (Å²) >= 11 is 0. The molecule has 128 valence electrons. The molecule has 3 aromatic rings. The summed E-state index contributed by atoms with van der Waals surface area (Å²) in [7, 11) is 0. The van der Waals surface area contributed by atoms with Gasteiger partial charge in [-0.25, -0.2) is 23.9 Å². The molecule has 1 N–H and O–H groups in total. The van der Waals surface area contributed by atoms with Crippen molar-refractivity contribution in [2.75, 3.05) is 23.3 Å². The number of hydrogen-bond donors (Lipinski definition) is 1. The van der Waals surface area contributed by atoms with Crippen LogP contribution in [0.4, 0.5) is 16.2 Å². The van der Waals surface area contributed by atoms with Gasteiger partial charge in [0.15, 0.2) is 11.3 Å². The van der Waals surface area contributed by atoms with Gasteiger partial charge in [0.1, 0.15) is 12.0 Å². The molecule has 25 heavy (non-hydrogen) atoms. The quantitative estimate of drug-likeness (QED) is 0.779. The van der Waals surface area contributed by atoms with Crippen molar-refractivity contribution in [2.45, 2.75) is 19.5 Å². The lowest BCUT2D eigenvalue weighted by atomic mass is 10.3. The van der Waals surface area contributed by atoms with E-state index in [2.05, 4.69) is 25.4 Å². The van der Waals surface area contributed by atoms with Crippen LogP contribution in [0.1, 0.15) is 22.6 Å². The highest BCUT2D eigenvalue weighted by atomic mass is 19.1. The molecule has 0 saturated carbocycles. The number of anilines is 2. The van der Waals surface area contributed by atoms with Crippen LogP contribution in [0.3, 0.4) is 0 Å². The average Bonchev–Trinajstić information content (AvgIpc) is 3.17. The molecule has 0 aliphatic carbocycles. The van der Waals surface area contributed by atoms with Gasteiger partial charge in [-0.15, -0.1) is 5.10 Å². The minimum atomic E-state index is -0.847. The van der Waals surface area contributed by atoms with Crippen LogP contribution in [0.25, 0.3) is 5.65 Å². The Kier molecular flexibility index (Phi) is 3.75. The van der Waals surface area contributed by atoms with Gasteiger partial charge in [0.25, 0.3) is 5.91 Å². The number of hydrogen-bond acceptors (Lipinski definition) is 6. The first-order valence-electron chi connectivity index (χ1n) is 7.95. The van der Waals surface area contributed by atoms with Gasteiger partial charge >= 0.3 is 0 Å². The summed E-state index contributed by atoms with van der Waals surface area (Å²) in [6.45, 7) is 2.65. The van der Waals surface area contributed by atoms with Crippen molar-refractivity contribution in [3.8, 4) is 0 Å². The minimum Gasteiger partial charge on any atom is -0.352 e. The molecular weight excluding hydrogens is 325 g/mol. The predicted octanol–water partition coefficient (Wildman–Crippen LogP) is 1.63. The first-order valence-corrected chi connectivity index (χ1v) is 7.95. The molecule has 9 heteroatoms. The molecule has 1 unspecified atom stereocenters. The number of halogens is 1. The highest BCUT2D eigenvalue weighted by molar-refractivity contribution is 6.03. The molecule has 1 amide bonds. The molecule has 4 rings (SSSR count). The van der Waals surface area contributed by atoms with E-state index in [9.17, 15) is 9.18 Å². The van der Waals surface area contributed by atoms with E-state index in [1.807, 2.05) is 4.90 Å². The SMILES string of the molecule is Cc1nc2ccc(N3CCC(F)C3)nn2c1C(=O)Nc1ncccn1. The third-order valence-corrected chi connectivity index (χ3v) is 4.10. The minimum absolute atomic E-state index is 0.206. The zero-order valence-electron chi connectivity index (χ0n) is 13.6. The van der Waals surface area contributed by atoms with Crippen LogP contribution in [0.2, 0.25) is 0 Å². The highest BCUT2D eigenvalue weighted by Gasteiger charge is 2.24. The Balaban J connectivity index is 1.70. The predicted molar refractivity (Wildman–Crippen MR) is 89.4 cm³/mol. The lowest BCUT2D eigenvalue weighted by molar-refractivity contribution is 0.101. The molecule has 0 spiro atoms. The smallest absolute Gasteiger partial charge is 0.278 e. The number of nitrogens with one attached hydrogen (secondary N) is 1. The van der Waals surface area contributed by atoms with Gasteiger partial charge in [0, 0.05) is 18.9 Å². The average molecular weight is 341 g/mol. The molecule has 1 saturated heterocycles. The van der Waals surface area contributed by atoms with Gasteiger partial charge in [-0.1, -0.05) is 0 Å².